The number of rotatable bonds is 0. The maximum atomic E-state index is 0. The molecule has 2 nitrogen and oxygen atoms in total. The molecule has 0 aromatic carbocycles. The van der Waals surface area contributed by atoms with Crippen molar-refractivity contribution in [3.8, 4) is 0 Å². The van der Waals surface area contributed by atoms with Crippen molar-refractivity contribution in [2.45, 2.75) is 0 Å². The van der Waals surface area contributed by atoms with Crippen molar-refractivity contribution in [2.75, 3.05) is 0 Å². The third-order valence-corrected chi connectivity index (χ3v) is 0. The SMILES string of the molecule is F.O.O.[BaH2].[Zr]. The molecule has 0 radical (unpaired) electrons. The van der Waals surface area contributed by atoms with Crippen LogP contribution >= 0.6 is 0 Å². The van der Waals surface area contributed by atoms with Crippen molar-refractivity contribution in [3.63, 3.8) is 0 Å². The second kappa shape index (κ2) is 33.4. The fourth-order valence-corrected chi connectivity index (χ4v) is 0. The van der Waals surface area contributed by atoms with E-state index in [1.807, 2.05) is 0 Å². The van der Waals surface area contributed by atoms with E-state index >= 15 is 0 Å². The van der Waals surface area contributed by atoms with Crippen LogP contribution < -0.4 is 0 Å². The molecular weight excluding hydrogens is 280 g/mol. The van der Waals surface area contributed by atoms with Crippen molar-refractivity contribution < 1.29 is 41.9 Å². The van der Waals surface area contributed by atoms with Crippen LogP contribution in [0.4, 0.5) is 4.70 Å². The van der Waals surface area contributed by atoms with Gasteiger partial charge in [-0.2, -0.15) is 0 Å². The summed E-state index contributed by atoms with van der Waals surface area (Å²) in [6, 6.07) is 0. The molecule has 0 aromatic heterocycles. The third kappa shape index (κ3) is 22.0. The van der Waals surface area contributed by atoms with Gasteiger partial charge in [-0.1, -0.05) is 0 Å². The predicted octanol–water partition coefficient (Wildman–Crippen LogP) is -2.42. The van der Waals surface area contributed by atoms with Crippen LogP contribution in [0.2, 0.25) is 0 Å². The van der Waals surface area contributed by atoms with Gasteiger partial charge in [-0.05, 0) is 0 Å². The van der Waals surface area contributed by atoms with Crippen LogP contribution in [-0.2, 0) is 26.2 Å². The van der Waals surface area contributed by atoms with Gasteiger partial charge >= 0.3 is 48.9 Å². The van der Waals surface area contributed by atoms with E-state index in [1.54, 1.807) is 0 Å². The average Bonchev–Trinajstić information content (AvgIpc) is 0. The van der Waals surface area contributed by atoms with Gasteiger partial charge in [0.05, 0.1) is 0 Å². The number of hydrogen-bond donors (Lipinski definition) is 0. The summed E-state index contributed by atoms with van der Waals surface area (Å²) in [7, 11) is 0. The van der Waals surface area contributed by atoms with Crippen LogP contribution in [0.1, 0.15) is 0 Å². The Morgan fingerprint density at radius 3 is 0.800 bits per heavy atom. The number of halogens is 1. The normalized spacial score (nSPS) is 0. The van der Waals surface area contributed by atoms with Gasteiger partial charge in [-0.15, -0.1) is 0 Å². The Hall–Kier alpha value is 2.30. The molecule has 0 aliphatic heterocycles. The van der Waals surface area contributed by atoms with E-state index in [0.717, 1.165) is 0 Å². The average molecular weight is 287 g/mol. The topological polar surface area (TPSA) is 63.0 Å². The van der Waals surface area contributed by atoms with Gasteiger partial charge in [0.2, 0.25) is 0 Å². The van der Waals surface area contributed by atoms with Crippen LogP contribution in [0, 0.1) is 0 Å². The van der Waals surface area contributed by atoms with Gasteiger partial charge in [0.15, 0.2) is 0 Å². The van der Waals surface area contributed by atoms with Crippen LogP contribution in [0.25, 0.3) is 0 Å². The standard InChI is InChI=1S/Ba.FH.2H2O.Zr.2H/h;1H;2*1H2;;;. The summed E-state index contributed by atoms with van der Waals surface area (Å²) in [5.41, 5.74) is 0. The minimum Gasteiger partial charge on any atom is 0 e. The van der Waals surface area contributed by atoms with E-state index < -0.39 is 0 Å². The molecule has 0 aromatic rings. The minimum atomic E-state index is 0. The molecule has 0 aliphatic rings. The zero-order valence-corrected chi connectivity index (χ0v) is 4.37. The monoisotopic (exact) mass is 286 g/mol. The third-order valence-electron chi connectivity index (χ3n) is 0. The van der Waals surface area contributed by atoms with Crippen LogP contribution in [0.5, 0.6) is 0 Å². The molecule has 0 fully saturated rings. The van der Waals surface area contributed by atoms with E-state index in [9.17, 15) is 0 Å². The summed E-state index contributed by atoms with van der Waals surface area (Å²) in [5.74, 6) is 0. The molecule has 0 saturated carbocycles. The summed E-state index contributed by atoms with van der Waals surface area (Å²) in [5, 5.41) is 0. The molecule has 0 rings (SSSR count). The van der Waals surface area contributed by atoms with Gasteiger partial charge in [0, 0.05) is 26.2 Å². The quantitative estimate of drug-likeness (QED) is 0.445. The summed E-state index contributed by atoms with van der Waals surface area (Å²) >= 11 is 0. The molecule has 0 bridgehead atoms. The van der Waals surface area contributed by atoms with Gasteiger partial charge < -0.3 is 11.0 Å². The summed E-state index contributed by atoms with van der Waals surface area (Å²) in [6.07, 6.45) is 0. The molecule has 0 spiro atoms. The molecule has 0 aliphatic carbocycles. The van der Waals surface area contributed by atoms with Crippen molar-refractivity contribution in [3.05, 3.63) is 0 Å². The molecule has 32 valence electrons. The van der Waals surface area contributed by atoms with Crippen LogP contribution in [-0.4, -0.2) is 59.8 Å². The molecule has 5 heavy (non-hydrogen) atoms. The first-order valence-corrected chi connectivity index (χ1v) is 0. The van der Waals surface area contributed by atoms with Gasteiger partial charge in [-0.3, -0.25) is 4.70 Å². The fourth-order valence-electron chi connectivity index (χ4n) is 0. The molecule has 0 amide bonds. The van der Waals surface area contributed by atoms with Gasteiger partial charge in [0.1, 0.15) is 0 Å². The maximum absolute atomic E-state index is 0. The predicted molar refractivity (Wildman–Crippen MR) is 18.3 cm³/mol. The van der Waals surface area contributed by atoms with E-state index in [2.05, 4.69) is 0 Å². The zero-order chi connectivity index (χ0) is 0. The molecule has 0 unspecified atom stereocenters. The first kappa shape index (κ1) is 54.7. The Morgan fingerprint density at radius 1 is 0.800 bits per heavy atom. The summed E-state index contributed by atoms with van der Waals surface area (Å²) < 4.78 is 0. The Kier molecular flexibility index (Phi) is 365. The molecular formula is H7BaFO2Zr. The van der Waals surface area contributed by atoms with Crippen LogP contribution in [0.3, 0.4) is 0 Å². The minimum absolute atomic E-state index is 0. The molecule has 4 N–H and O–H groups in total. The molecule has 5 heteroatoms. The Morgan fingerprint density at radius 2 is 0.800 bits per heavy atom. The number of hydrogen-bond acceptors (Lipinski definition) is 0. The summed E-state index contributed by atoms with van der Waals surface area (Å²) in [6.45, 7) is 0. The Labute approximate surface area is 88.9 Å². The fraction of sp³-hybridized carbons (Fsp3) is 0. The first-order valence-electron chi connectivity index (χ1n) is 0. The van der Waals surface area contributed by atoms with Crippen LogP contribution in [0.15, 0.2) is 0 Å². The van der Waals surface area contributed by atoms with Crippen molar-refractivity contribution in [2.24, 2.45) is 0 Å². The smallest absolute Gasteiger partial charge is 0 e. The van der Waals surface area contributed by atoms with Crippen molar-refractivity contribution in [1.82, 2.24) is 0 Å². The first-order chi connectivity index (χ1) is 0. The molecule has 0 saturated heterocycles. The van der Waals surface area contributed by atoms with E-state index in [4.69, 9.17) is 0 Å². The second-order valence-corrected chi connectivity index (χ2v) is 0. The Balaban J connectivity index is 0. The summed E-state index contributed by atoms with van der Waals surface area (Å²) in [4.78, 5) is 0. The molecule has 0 heterocycles. The van der Waals surface area contributed by atoms with Crippen molar-refractivity contribution >= 4 is 48.9 Å². The van der Waals surface area contributed by atoms with Crippen molar-refractivity contribution in [1.29, 1.82) is 0 Å². The second-order valence-electron chi connectivity index (χ2n) is 0. The van der Waals surface area contributed by atoms with E-state index in [0.29, 0.717) is 0 Å². The Bertz CT molecular complexity index is 9.61. The van der Waals surface area contributed by atoms with E-state index in [-0.39, 0.29) is 90.7 Å². The van der Waals surface area contributed by atoms with E-state index in [1.165, 1.54) is 0 Å². The van der Waals surface area contributed by atoms with Gasteiger partial charge in [-0.25, -0.2) is 0 Å². The largest absolute Gasteiger partial charge is 0 e. The maximum Gasteiger partial charge on any atom is 0 e. The molecule has 0 atom stereocenters. The zero-order valence-electron chi connectivity index (χ0n) is 1.91. The van der Waals surface area contributed by atoms with Gasteiger partial charge in [0.25, 0.3) is 0 Å².